The van der Waals surface area contributed by atoms with Crippen LogP contribution in [0.25, 0.3) is 0 Å². The fourth-order valence-electron chi connectivity index (χ4n) is 2.03. The summed E-state index contributed by atoms with van der Waals surface area (Å²) >= 11 is 2.41. The number of nitrogens with one attached hydrogen (secondary N) is 4. The number of hydrogen-bond acceptors (Lipinski definition) is 7. The fraction of sp³-hybridized carbons (Fsp3) is 0.267. The van der Waals surface area contributed by atoms with E-state index >= 15 is 0 Å². The monoisotopic (exact) mass is 427 g/mol. The van der Waals surface area contributed by atoms with Gasteiger partial charge in [-0.15, -0.1) is 23.1 Å². The van der Waals surface area contributed by atoms with Crippen LogP contribution >= 0.6 is 23.1 Å². The van der Waals surface area contributed by atoms with Gasteiger partial charge in [0.2, 0.25) is 10.0 Å². The molecule has 1 atom stereocenters. The Morgan fingerprint density at radius 2 is 1.96 bits per heavy atom. The SMILES string of the molecule is N=C(N)CC(SCc1csc(NC(=N)N)n1)S(=O)(=O)NCc1ccccc1. The van der Waals surface area contributed by atoms with Crippen molar-refractivity contribution in [3.63, 3.8) is 0 Å². The third-order valence-electron chi connectivity index (χ3n) is 3.26. The zero-order valence-electron chi connectivity index (χ0n) is 14.3. The molecule has 0 aliphatic rings. The number of anilines is 1. The van der Waals surface area contributed by atoms with Gasteiger partial charge in [-0.1, -0.05) is 30.3 Å². The molecule has 8 N–H and O–H groups in total. The van der Waals surface area contributed by atoms with Gasteiger partial charge >= 0.3 is 0 Å². The summed E-state index contributed by atoms with van der Waals surface area (Å²) in [6.45, 7) is 0.168. The summed E-state index contributed by atoms with van der Waals surface area (Å²) in [5.74, 6) is -0.0965. The molecule has 2 aromatic rings. The Labute approximate surface area is 166 Å². The molecule has 0 aliphatic heterocycles. The van der Waals surface area contributed by atoms with E-state index in [4.69, 9.17) is 22.3 Å². The number of thioether (sulfide) groups is 1. The molecule has 0 fully saturated rings. The summed E-state index contributed by atoms with van der Waals surface area (Å²) < 4.78 is 27.0. The van der Waals surface area contributed by atoms with Gasteiger partial charge in [-0.2, -0.15) is 0 Å². The van der Waals surface area contributed by atoms with E-state index in [0.29, 0.717) is 16.6 Å². The Morgan fingerprint density at radius 1 is 1.26 bits per heavy atom. The van der Waals surface area contributed by atoms with E-state index in [1.807, 2.05) is 30.3 Å². The van der Waals surface area contributed by atoms with Gasteiger partial charge < -0.3 is 16.8 Å². The lowest BCUT2D eigenvalue weighted by atomic mass is 10.2. The first-order chi connectivity index (χ1) is 12.8. The standard InChI is InChI=1S/C15H21N7O2S3/c16-12(17)6-13(25-8-11-9-26-15(21-11)22-14(18)19)27(23,24)20-7-10-4-2-1-3-5-10/h1-5,9,13,20H,6-8H2,(H3,16,17)(H4,18,19,21,22). The minimum Gasteiger partial charge on any atom is -0.388 e. The molecule has 1 aromatic heterocycles. The van der Waals surface area contributed by atoms with Crippen LogP contribution in [0.3, 0.4) is 0 Å². The molecule has 0 aliphatic carbocycles. The van der Waals surface area contributed by atoms with Gasteiger partial charge in [0.25, 0.3) is 0 Å². The quantitative estimate of drug-likeness (QED) is 0.246. The Bertz CT molecular complexity index is 884. The highest BCUT2D eigenvalue weighted by molar-refractivity contribution is 8.12. The molecule has 0 saturated heterocycles. The highest BCUT2D eigenvalue weighted by atomic mass is 32.3. The molecule has 0 spiro atoms. The van der Waals surface area contributed by atoms with Crippen LogP contribution in [-0.2, 0) is 22.3 Å². The van der Waals surface area contributed by atoms with E-state index in [0.717, 1.165) is 17.3 Å². The third kappa shape index (κ3) is 7.17. The van der Waals surface area contributed by atoms with Crippen molar-refractivity contribution in [2.24, 2.45) is 11.5 Å². The maximum atomic E-state index is 12.7. The second kappa shape index (κ2) is 9.69. The first-order valence-corrected chi connectivity index (χ1v) is 11.3. The number of thiazole rings is 1. The predicted octanol–water partition coefficient (Wildman–Crippen LogP) is 1.45. The molecule has 9 nitrogen and oxygen atoms in total. The zero-order chi connectivity index (χ0) is 19.9. The Balaban J connectivity index is 2.01. The van der Waals surface area contributed by atoms with Crippen LogP contribution in [0, 0.1) is 10.8 Å². The van der Waals surface area contributed by atoms with E-state index in [1.165, 1.54) is 11.3 Å². The van der Waals surface area contributed by atoms with Crippen molar-refractivity contribution in [2.45, 2.75) is 23.3 Å². The van der Waals surface area contributed by atoms with Crippen molar-refractivity contribution in [3.8, 4) is 0 Å². The number of rotatable bonds is 10. The van der Waals surface area contributed by atoms with Crippen molar-refractivity contribution >= 4 is 50.0 Å². The third-order valence-corrected chi connectivity index (χ3v) is 7.64. The molecule has 0 radical (unpaired) electrons. The molecule has 27 heavy (non-hydrogen) atoms. The van der Waals surface area contributed by atoms with Crippen molar-refractivity contribution < 1.29 is 8.42 Å². The van der Waals surface area contributed by atoms with Crippen LogP contribution in [0.5, 0.6) is 0 Å². The highest BCUT2D eigenvalue weighted by Gasteiger charge is 2.27. The summed E-state index contributed by atoms with van der Waals surface area (Å²) in [5, 5.41) is 19.5. The van der Waals surface area contributed by atoms with E-state index in [9.17, 15) is 8.42 Å². The molecule has 1 unspecified atom stereocenters. The van der Waals surface area contributed by atoms with Crippen molar-refractivity contribution in [3.05, 3.63) is 47.0 Å². The number of nitrogens with zero attached hydrogens (tertiary/aromatic N) is 1. The lowest BCUT2D eigenvalue weighted by Gasteiger charge is -2.17. The van der Waals surface area contributed by atoms with Gasteiger partial charge in [0.05, 0.1) is 11.5 Å². The second-order valence-electron chi connectivity index (χ2n) is 5.50. The molecule has 1 aromatic carbocycles. The highest BCUT2D eigenvalue weighted by Crippen LogP contribution is 2.26. The lowest BCUT2D eigenvalue weighted by Crippen LogP contribution is -2.34. The Morgan fingerprint density at radius 3 is 2.59 bits per heavy atom. The zero-order valence-corrected chi connectivity index (χ0v) is 16.8. The first kappa shape index (κ1) is 21.2. The minimum atomic E-state index is -3.70. The molecule has 1 heterocycles. The summed E-state index contributed by atoms with van der Waals surface area (Å²) in [7, 11) is -3.70. The number of sulfonamides is 1. The lowest BCUT2D eigenvalue weighted by molar-refractivity contribution is 0.578. The normalized spacial score (nSPS) is 12.4. The van der Waals surface area contributed by atoms with E-state index < -0.39 is 14.6 Å². The molecular formula is C15H21N7O2S3. The van der Waals surface area contributed by atoms with Crippen LogP contribution in [0.15, 0.2) is 35.7 Å². The van der Waals surface area contributed by atoms with Gasteiger partial charge in [0, 0.05) is 24.1 Å². The minimum absolute atomic E-state index is 0.0858. The van der Waals surface area contributed by atoms with Gasteiger partial charge in [-0.05, 0) is 5.56 Å². The van der Waals surface area contributed by atoms with E-state index in [-0.39, 0.29) is 24.8 Å². The van der Waals surface area contributed by atoms with Crippen molar-refractivity contribution in [1.82, 2.24) is 9.71 Å². The maximum Gasteiger partial charge on any atom is 0.224 e. The molecule has 146 valence electrons. The van der Waals surface area contributed by atoms with Crippen molar-refractivity contribution in [2.75, 3.05) is 5.32 Å². The molecule has 0 saturated carbocycles. The first-order valence-electron chi connectivity index (χ1n) is 7.78. The van der Waals surface area contributed by atoms with Gasteiger partial charge in [-0.25, -0.2) is 18.1 Å². The average Bonchev–Trinajstić information content (AvgIpc) is 3.04. The average molecular weight is 428 g/mol. The molecule has 12 heteroatoms. The number of guanidine groups is 1. The Hall–Kier alpha value is -2.15. The molecular weight excluding hydrogens is 406 g/mol. The van der Waals surface area contributed by atoms with Crippen molar-refractivity contribution in [1.29, 1.82) is 10.8 Å². The predicted molar refractivity (Wildman–Crippen MR) is 111 cm³/mol. The van der Waals surface area contributed by atoms with Crippen LogP contribution in [0.4, 0.5) is 5.13 Å². The molecule has 0 bridgehead atoms. The topological polar surface area (TPSA) is 171 Å². The van der Waals surface area contributed by atoms with Crippen LogP contribution in [-0.4, -0.2) is 29.8 Å². The summed E-state index contributed by atoms with van der Waals surface area (Å²) in [4.78, 5) is 4.24. The number of benzene rings is 1. The second-order valence-corrected chi connectivity index (χ2v) is 9.80. The maximum absolute atomic E-state index is 12.7. The molecule has 0 amide bonds. The number of aromatic nitrogens is 1. The van der Waals surface area contributed by atoms with E-state index in [1.54, 1.807) is 5.38 Å². The fourth-order valence-corrected chi connectivity index (χ4v) is 5.74. The van der Waals surface area contributed by atoms with Gasteiger partial charge in [0.1, 0.15) is 4.58 Å². The largest absolute Gasteiger partial charge is 0.388 e. The summed E-state index contributed by atoms with van der Waals surface area (Å²) in [6, 6.07) is 9.18. The van der Waals surface area contributed by atoms with E-state index in [2.05, 4.69) is 15.0 Å². The summed E-state index contributed by atoms with van der Waals surface area (Å²) in [5.41, 5.74) is 12.2. The van der Waals surface area contributed by atoms with Crippen LogP contribution in [0.1, 0.15) is 17.7 Å². The number of nitrogens with two attached hydrogens (primary N) is 2. The van der Waals surface area contributed by atoms with Gasteiger partial charge in [-0.3, -0.25) is 10.8 Å². The number of hydrogen-bond donors (Lipinski definition) is 6. The molecule has 2 rings (SSSR count). The Kier molecular flexibility index (Phi) is 7.59. The number of amidine groups is 1. The van der Waals surface area contributed by atoms with Gasteiger partial charge in [0.15, 0.2) is 11.1 Å². The summed E-state index contributed by atoms with van der Waals surface area (Å²) in [6.07, 6.45) is -0.0858. The van der Waals surface area contributed by atoms with Crippen LogP contribution < -0.4 is 21.5 Å². The smallest absolute Gasteiger partial charge is 0.224 e. The van der Waals surface area contributed by atoms with Crippen LogP contribution in [0.2, 0.25) is 0 Å².